The third kappa shape index (κ3) is 6.75. The number of carbonyl (C=O) groups is 1. The number of benzene rings is 2. The highest BCUT2D eigenvalue weighted by Gasteiger charge is 2.18. The largest absolute Gasteiger partial charge is 0.497 e. The van der Waals surface area contributed by atoms with Crippen LogP contribution in [0.1, 0.15) is 12.0 Å². The van der Waals surface area contributed by atoms with Gasteiger partial charge in [-0.3, -0.25) is 14.9 Å². The predicted octanol–water partition coefficient (Wildman–Crippen LogP) is 2.17. The summed E-state index contributed by atoms with van der Waals surface area (Å²) in [6, 6.07) is 11.1. The number of hydrogen-bond donors (Lipinski definition) is 2. The molecular weight excluding hydrogens is 398 g/mol. The molecule has 10 heteroatoms. The molecule has 0 saturated heterocycles. The zero-order chi connectivity index (χ0) is 21.4. The van der Waals surface area contributed by atoms with Crippen LogP contribution < -0.4 is 15.4 Å². The van der Waals surface area contributed by atoms with Gasteiger partial charge < -0.3 is 15.4 Å². The molecule has 0 unspecified atom stereocenters. The van der Waals surface area contributed by atoms with Crippen molar-refractivity contribution in [2.24, 2.45) is 0 Å². The third-order valence-electron chi connectivity index (χ3n) is 4.16. The van der Waals surface area contributed by atoms with E-state index in [0.717, 1.165) is 23.6 Å². The van der Waals surface area contributed by atoms with E-state index in [4.69, 9.17) is 4.74 Å². The first kappa shape index (κ1) is 22.2. The number of sulfone groups is 1. The van der Waals surface area contributed by atoms with E-state index < -0.39 is 14.8 Å². The van der Waals surface area contributed by atoms with Crippen molar-refractivity contribution in [3.63, 3.8) is 0 Å². The molecule has 2 aromatic rings. The van der Waals surface area contributed by atoms with Crippen molar-refractivity contribution in [1.29, 1.82) is 0 Å². The molecule has 29 heavy (non-hydrogen) atoms. The van der Waals surface area contributed by atoms with Gasteiger partial charge in [0, 0.05) is 31.8 Å². The lowest BCUT2D eigenvalue weighted by molar-refractivity contribution is -0.384. The number of anilines is 1. The second-order valence-electron chi connectivity index (χ2n) is 6.33. The third-order valence-corrected chi connectivity index (χ3v) is 5.27. The van der Waals surface area contributed by atoms with Gasteiger partial charge in [0.15, 0.2) is 9.84 Å². The van der Waals surface area contributed by atoms with E-state index in [1.807, 2.05) is 24.3 Å². The highest BCUT2D eigenvalue weighted by molar-refractivity contribution is 7.90. The average molecular weight is 421 g/mol. The number of nitrogens with zero attached hydrogens (tertiary/aromatic N) is 1. The first-order valence-electron chi connectivity index (χ1n) is 8.82. The predicted molar refractivity (Wildman–Crippen MR) is 109 cm³/mol. The van der Waals surface area contributed by atoms with Crippen molar-refractivity contribution in [2.45, 2.75) is 17.7 Å². The molecule has 9 nitrogen and oxygen atoms in total. The molecule has 0 aliphatic heterocycles. The van der Waals surface area contributed by atoms with Crippen LogP contribution in [-0.2, 0) is 21.1 Å². The molecule has 2 aromatic carbocycles. The number of nitrogens with one attached hydrogen (secondary N) is 2. The zero-order valence-electron chi connectivity index (χ0n) is 16.2. The van der Waals surface area contributed by atoms with Crippen molar-refractivity contribution in [2.75, 3.05) is 31.8 Å². The number of nitro groups is 1. The molecule has 0 saturated carbocycles. The Balaban J connectivity index is 1.82. The molecule has 0 atom stereocenters. The molecule has 2 rings (SSSR count). The lowest BCUT2D eigenvalue weighted by atomic mass is 10.1. The number of hydrogen-bond acceptors (Lipinski definition) is 7. The van der Waals surface area contributed by atoms with Gasteiger partial charge in [0.2, 0.25) is 5.91 Å². The number of methoxy groups -OCH3 is 1. The van der Waals surface area contributed by atoms with Crippen LogP contribution in [-0.4, -0.2) is 45.7 Å². The second-order valence-corrected chi connectivity index (χ2v) is 8.35. The molecule has 0 bridgehead atoms. The molecule has 0 aromatic heterocycles. The van der Waals surface area contributed by atoms with Crippen LogP contribution in [0.2, 0.25) is 0 Å². The van der Waals surface area contributed by atoms with Crippen LogP contribution in [0.5, 0.6) is 5.75 Å². The molecule has 0 spiro atoms. The standard InChI is InChI=1S/C19H23N3O6S/c1-28-15-6-3-14(4-7-15)5-10-19(23)21-12-11-20-17-9-8-16(29(2,26)27)13-18(17)22(24)25/h3-4,6-9,13,20H,5,10-12H2,1-2H3,(H,21,23). The lowest BCUT2D eigenvalue weighted by Crippen LogP contribution is -2.29. The van der Waals surface area contributed by atoms with Crippen molar-refractivity contribution >= 4 is 27.1 Å². The summed E-state index contributed by atoms with van der Waals surface area (Å²) in [5.74, 6) is 0.618. The van der Waals surface area contributed by atoms with Crippen molar-refractivity contribution in [1.82, 2.24) is 5.32 Å². The molecule has 0 fully saturated rings. The van der Waals surface area contributed by atoms with Crippen molar-refractivity contribution in [3.8, 4) is 5.75 Å². The summed E-state index contributed by atoms with van der Waals surface area (Å²) < 4.78 is 28.2. The second kappa shape index (κ2) is 9.87. The fraction of sp³-hybridized carbons (Fsp3) is 0.316. The van der Waals surface area contributed by atoms with Crippen LogP contribution in [0.25, 0.3) is 0 Å². The maximum atomic E-state index is 11.9. The maximum absolute atomic E-state index is 11.9. The Bertz CT molecular complexity index is 974. The number of aryl methyl sites for hydroxylation is 1. The van der Waals surface area contributed by atoms with E-state index in [9.17, 15) is 23.3 Å². The zero-order valence-corrected chi connectivity index (χ0v) is 17.0. The molecule has 0 aliphatic carbocycles. The Morgan fingerprint density at radius 1 is 1.14 bits per heavy atom. The first-order chi connectivity index (χ1) is 13.7. The monoisotopic (exact) mass is 421 g/mol. The Hall–Kier alpha value is -3.14. The number of ether oxygens (including phenoxy) is 1. The highest BCUT2D eigenvalue weighted by atomic mass is 32.2. The van der Waals surface area contributed by atoms with Gasteiger partial charge in [0.05, 0.1) is 16.9 Å². The van der Waals surface area contributed by atoms with E-state index >= 15 is 0 Å². The minimum atomic E-state index is -3.54. The summed E-state index contributed by atoms with van der Waals surface area (Å²) in [7, 11) is -1.95. The van der Waals surface area contributed by atoms with Gasteiger partial charge in [-0.15, -0.1) is 0 Å². The smallest absolute Gasteiger partial charge is 0.293 e. The minimum absolute atomic E-state index is 0.124. The summed E-state index contributed by atoms with van der Waals surface area (Å²) in [5.41, 5.74) is 0.870. The molecule has 1 amide bonds. The Kier molecular flexibility index (Phi) is 7.54. The molecule has 0 radical (unpaired) electrons. The summed E-state index contributed by atoms with van der Waals surface area (Å²) >= 11 is 0. The van der Waals surface area contributed by atoms with E-state index in [1.54, 1.807) is 7.11 Å². The molecule has 2 N–H and O–H groups in total. The van der Waals surface area contributed by atoms with E-state index in [-0.39, 0.29) is 35.3 Å². The van der Waals surface area contributed by atoms with E-state index in [2.05, 4.69) is 10.6 Å². The van der Waals surface area contributed by atoms with Crippen LogP contribution in [0.4, 0.5) is 11.4 Å². The number of rotatable bonds is 10. The van der Waals surface area contributed by atoms with Crippen molar-refractivity contribution in [3.05, 3.63) is 58.1 Å². The summed E-state index contributed by atoms with van der Waals surface area (Å²) in [4.78, 5) is 22.4. The normalized spacial score (nSPS) is 11.0. The van der Waals surface area contributed by atoms with Gasteiger partial charge in [0.1, 0.15) is 11.4 Å². The SMILES string of the molecule is COc1ccc(CCC(=O)NCCNc2ccc(S(C)(=O)=O)cc2[N+](=O)[O-])cc1. The van der Waals surface area contributed by atoms with Gasteiger partial charge in [-0.05, 0) is 36.2 Å². The van der Waals surface area contributed by atoms with Gasteiger partial charge in [-0.2, -0.15) is 0 Å². The lowest BCUT2D eigenvalue weighted by Gasteiger charge is -2.09. The first-order valence-corrected chi connectivity index (χ1v) is 10.7. The Morgan fingerprint density at radius 3 is 2.41 bits per heavy atom. The summed E-state index contributed by atoms with van der Waals surface area (Å²) in [6.45, 7) is 0.528. The molecular formula is C19H23N3O6S. The average Bonchev–Trinajstić information content (AvgIpc) is 2.69. The van der Waals surface area contributed by atoms with E-state index in [1.165, 1.54) is 12.1 Å². The summed E-state index contributed by atoms with van der Waals surface area (Å²) in [5, 5.41) is 16.8. The van der Waals surface area contributed by atoms with Gasteiger partial charge >= 0.3 is 0 Å². The van der Waals surface area contributed by atoms with E-state index in [0.29, 0.717) is 12.8 Å². The van der Waals surface area contributed by atoms with Crippen LogP contribution in [0, 0.1) is 10.1 Å². The fourth-order valence-electron chi connectivity index (χ4n) is 2.58. The van der Waals surface area contributed by atoms with Crippen molar-refractivity contribution < 1.29 is 22.9 Å². The van der Waals surface area contributed by atoms with Crippen LogP contribution in [0.3, 0.4) is 0 Å². The maximum Gasteiger partial charge on any atom is 0.293 e. The number of amides is 1. The Morgan fingerprint density at radius 2 is 1.83 bits per heavy atom. The summed E-state index contributed by atoms with van der Waals surface area (Å²) in [6.07, 6.45) is 1.89. The van der Waals surface area contributed by atoms with Gasteiger partial charge in [-0.1, -0.05) is 12.1 Å². The molecule has 156 valence electrons. The highest BCUT2D eigenvalue weighted by Crippen LogP contribution is 2.27. The van der Waals surface area contributed by atoms with Gasteiger partial charge in [0.25, 0.3) is 5.69 Å². The number of nitro benzene ring substituents is 1. The van der Waals surface area contributed by atoms with Crippen LogP contribution >= 0.6 is 0 Å². The Labute approximate surface area is 169 Å². The quantitative estimate of drug-likeness (QED) is 0.342. The van der Waals surface area contributed by atoms with Crippen LogP contribution in [0.15, 0.2) is 47.4 Å². The number of carbonyl (C=O) groups excluding carboxylic acids is 1. The molecule has 0 heterocycles. The topological polar surface area (TPSA) is 128 Å². The van der Waals surface area contributed by atoms with Gasteiger partial charge in [-0.25, -0.2) is 8.42 Å². The molecule has 0 aliphatic rings. The minimum Gasteiger partial charge on any atom is -0.497 e. The fourth-order valence-corrected chi connectivity index (χ4v) is 3.22.